The standard InChI is InChI=1S/C20H22N6OS/c1-27-16-5-3-14(4-6-16)11-22-18-17-19(25-20(24-18)28-2)26(13-23-17)12-15-7-9-21-10-8-15/h3-10,23H,11-13H2,1-2H3,(H,22,24,25). The van der Waals surface area contributed by atoms with Crippen molar-refractivity contribution in [3.05, 3.63) is 59.9 Å². The molecule has 0 aliphatic carbocycles. The summed E-state index contributed by atoms with van der Waals surface area (Å²) in [6, 6.07) is 12.1. The minimum atomic E-state index is 0.674. The smallest absolute Gasteiger partial charge is 0.191 e. The van der Waals surface area contributed by atoms with E-state index in [-0.39, 0.29) is 0 Å². The maximum absolute atomic E-state index is 5.22. The van der Waals surface area contributed by atoms with E-state index in [2.05, 4.69) is 25.5 Å². The first-order chi connectivity index (χ1) is 13.8. The van der Waals surface area contributed by atoms with Crippen molar-refractivity contribution < 1.29 is 4.74 Å². The van der Waals surface area contributed by atoms with E-state index in [1.807, 2.05) is 55.0 Å². The van der Waals surface area contributed by atoms with Crippen LogP contribution < -0.4 is 20.3 Å². The predicted octanol–water partition coefficient (Wildman–Crippen LogP) is 3.60. The van der Waals surface area contributed by atoms with Gasteiger partial charge in [0.1, 0.15) is 11.4 Å². The van der Waals surface area contributed by atoms with Crippen LogP contribution in [0.1, 0.15) is 11.1 Å². The zero-order chi connectivity index (χ0) is 19.3. The van der Waals surface area contributed by atoms with E-state index in [0.29, 0.717) is 13.2 Å². The molecule has 0 saturated carbocycles. The lowest BCUT2D eigenvalue weighted by Gasteiger charge is -2.17. The fourth-order valence-electron chi connectivity index (χ4n) is 3.06. The molecule has 1 aromatic carbocycles. The van der Waals surface area contributed by atoms with E-state index in [9.17, 15) is 0 Å². The second kappa shape index (κ2) is 8.35. The van der Waals surface area contributed by atoms with Crippen LogP contribution in [0, 0.1) is 0 Å². The predicted molar refractivity (Wildman–Crippen MR) is 113 cm³/mol. The summed E-state index contributed by atoms with van der Waals surface area (Å²) in [6.07, 6.45) is 5.62. The number of benzene rings is 1. The van der Waals surface area contributed by atoms with Gasteiger partial charge in [-0.1, -0.05) is 23.9 Å². The molecule has 0 fully saturated rings. The van der Waals surface area contributed by atoms with Crippen LogP contribution in [0.5, 0.6) is 5.75 Å². The molecule has 1 aliphatic heterocycles. The lowest BCUT2D eigenvalue weighted by Crippen LogP contribution is -2.22. The van der Waals surface area contributed by atoms with Gasteiger partial charge >= 0.3 is 0 Å². The number of aromatic nitrogens is 3. The first-order valence-electron chi connectivity index (χ1n) is 8.97. The molecule has 0 unspecified atom stereocenters. The number of hydrogen-bond donors (Lipinski definition) is 2. The number of pyridine rings is 1. The summed E-state index contributed by atoms with van der Waals surface area (Å²) < 4.78 is 5.22. The molecule has 0 bridgehead atoms. The molecule has 0 spiro atoms. The lowest BCUT2D eigenvalue weighted by molar-refractivity contribution is 0.414. The molecule has 2 aromatic heterocycles. The van der Waals surface area contributed by atoms with Gasteiger partial charge < -0.3 is 20.3 Å². The SMILES string of the molecule is COc1ccc(CNc2nc(SC)nc3c2NCN3Cc2ccncc2)cc1. The third-order valence-electron chi connectivity index (χ3n) is 4.54. The molecule has 28 heavy (non-hydrogen) atoms. The second-order valence-electron chi connectivity index (χ2n) is 6.35. The normalized spacial score (nSPS) is 12.4. The Bertz CT molecular complexity index is 935. The van der Waals surface area contributed by atoms with Crippen LogP contribution in [-0.4, -0.2) is 35.0 Å². The molecule has 1 aliphatic rings. The molecule has 0 saturated heterocycles. The summed E-state index contributed by atoms with van der Waals surface area (Å²) in [7, 11) is 1.67. The first kappa shape index (κ1) is 18.4. The van der Waals surface area contributed by atoms with Crippen LogP contribution in [0.15, 0.2) is 53.9 Å². The molecule has 144 valence electrons. The van der Waals surface area contributed by atoms with Crippen LogP contribution in [-0.2, 0) is 13.1 Å². The molecular formula is C20H22N6OS. The number of hydrogen-bond acceptors (Lipinski definition) is 8. The number of ether oxygens (including phenoxy) is 1. The van der Waals surface area contributed by atoms with Gasteiger partial charge in [0.2, 0.25) is 0 Å². The Morgan fingerprint density at radius 1 is 1.11 bits per heavy atom. The molecule has 3 heterocycles. The Morgan fingerprint density at radius 3 is 2.61 bits per heavy atom. The lowest BCUT2D eigenvalue weighted by atomic mass is 10.2. The average Bonchev–Trinajstić information content (AvgIpc) is 3.15. The van der Waals surface area contributed by atoms with Crippen LogP contribution in [0.4, 0.5) is 17.3 Å². The van der Waals surface area contributed by atoms with Crippen LogP contribution in [0.25, 0.3) is 0 Å². The van der Waals surface area contributed by atoms with Crippen molar-refractivity contribution in [3.63, 3.8) is 0 Å². The Balaban J connectivity index is 1.55. The van der Waals surface area contributed by atoms with Crippen LogP contribution >= 0.6 is 11.8 Å². The van der Waals surface area contributed by atoms with Crippen molar-refractivity contribution in [1.29, 1.82) is 0 Å². The summed E-state index contributed by atoms with van der Waals surface area (Å²) in [5, 5.41) is 7.64. The van der Waals surface area contributed by atoms with E-state index in [1.165, 1.54) is 5.56 Å². The van der Waals surface area contributed by atoms with Crippen molar-refractivity contribution in [2.24, 2.45) is 0 Å². The van der Waals surface area contributed by atoms with Gasteiger partial charge in [-0.3, -0.25) is 4.98 Å². The number of thioether (sulfide) groups is 1. The van der Waals surface area contributed by atoms with Gasteiger partial charge in [0, 0.05) is 25.5 Å². The van der Waals surface area contributed by atoms with Gasteiger partial charge in [0.15, 0.2) is 16.8 Å². The third-order valence-corrected chi connectivity index (χ3v) is 5.09. The minimum absolute atomic E-state index is 0.674. The Morgan fingerprint density at radius 2 is 1.89 bits per heavy atom. The Kier molecular flexibility index (Phi) is 5.48. The highest BCUT2D eigenvalue weighted by Gasteiger charge is 2.25. The van der Waals surface area contributed by atoms with Gasteiger partial charge in [-0.2, -0.15) is 0 Å². The van der Waals surface area contributed by atoms with Gasteiger partial charge in [-0.05, 0) is 41.6 Å². The highest BCUT2D eigenvalue weighted by Crippen LogP contribution is 2.37. The summed E-state index contributed by atoms with van der Waals surface area (Å²) >= 11 is 1.54. The van der Waals surface area contributed by atoms with Crippen LogP contribution in [0.2, 0.25) is 0 Å². The largest absolute Gasteiger partial charge is 0.497 e. The maximum atomic E-state index is 5.22. The van der Waals surface area contributed by atoms with Gasteiger partial charge in [-0.15, -0.1) is 0 Å². The third kappa shape index (κ3) is 3.96. The van der Waals surface area contributed by atoms with E-state index in [0.717, 1.165) is 40.3 Å². The minimum Gasteiger partial charge on any atom is -0.497 e. The van der Waals surface area contributed by atoms with Crippen molar-refractivity contribution in [1.82, 2.24) is 15.0 Å². The quantitative estimate of drug-likeness (QED) is 0.465. The van der Waals surface area contributed by atoms with Gasteiger partial charge in [0.25, 0.3) is 0 Å². The van der Waals surface area contributed by atoms with Crippen molar-refractivity contribution in [3.8, 4) is 5.75 Å². The number of anilines is 3. The van der Waals surface area contributed by atoms with E-state index < -0.39 is 0 Å². The van der Waals surface area contributed by atoms with E-state index in [4.69, 9.17) is 9.72 Å². The fraction of sp³-hybridized carbons (Fsp3) is 0.250. The number of methoxy groups -OCH3 is 1. The zero-order valence-corrected chi connectivity index (χ0v) is 16.7. The zero-order valence-electron chi connectivity index (χ0n) is 15.8. The molecule has 0 radical (unpaired) electrons. The fourth-order valence-corrected chi connectivity index (χ4v) is 3.42. The summed E-state index contributed by atoms with van der Waals surface area (Å²) in [4.78, 5) is 15.7. The summed E-state index contributed by atoms with van der Waals surface area (Å²) in [6.45, 7) is 2.14. The summed E-state index contributed by atoms with van der Waals surface area (Å²) in [5.41, 5.74) is 3.30. The number of rotatable bonds is 7. The van der Waals surface area contributed by atoms with Gasteiger partial charge in [-0.25, -0.2) is 9.97 Å². The Labute approximate surface area is 168 Å². The molecule has 8 heteroatoms. The molecule has 4 rings (SSSR count). The molecule has 0 amide bonds. The molecule has 2 N–H and O–H groups in total. The number of nitrogens with zero attached hydrogens (tertiary/aromatic N) is 4. The van der Waals surface area contributed by atoms with Crippen molar-refractivity contribution >= 4 is 29.1 Å². The Hall–Kier alpha value is -3.00. The van der Waals surface area contributed by atoms with Crippen molar-refractivity contribution in [2.75, 3.05) is 35.6 Å². The molecular weight excluding hydrogens is 372 g/mol. The van der Waals surface area contributed by atoms with E-state index in [1.54, 1.807) is 18.9 Å². The highest BCUT2D eigenvalue weighted by atomic mass is 32.2. The second-order valence-corrected chi connectivity index (χ2v) is 7.12. The van der Waals surface area contributed by atoms with Gasteiger partial charge in [0.05, 0.1) is 13.8 Å². The molecule has 3 aromatic rings. The topological polar surface area (TPSA) is 75.2 Å². The number of nitrogens with one attached hydrogen (secondary N) is 2. The first-order valence-corrected chi connectivity index (χ1v) is 10.2. The van der Waals surface area contributed by atoms with Crippen molar-refractivity contribution in [2.45, 2.75) is 18.2 Å². The monoisotopic (exact) mass is 394 g/mol. The summed E-state index contributed by atoms with van der Waals surface area (Å²) in [5.74, 6) is 2.60. The van der Waals surface area contributed by atoms with Crippen LogP contribution in [0.3, 0.4) is 0 Å². The number of fused-ring (bicyclic) bond motifs is 1. The maximum Gasteiger partial charge on any atom is 0.191 e. The molecule has 7 nitrogen and oxygen atoms in total. The van der Waals surface area contributed by atoms with E-state index >= 15 is 0 Å². The highest BCUT2D eigenvalue weighted by molar-refractivity contribution is 7.98. The average molecular weight is 395 g/mol. The molecule has 0 atom stereocenters.